The summed E-state index contributed by atoms with van der Waals surface area (Å²) < 4.78 is 9.42. The normalized spacial score (nSPS) is 22.8. The number of carbonyl (C=O) groups excluding carboxylic acids is 2. The summed E-state index contributed by atoms with van der Waals surface area (Å²) in [5.41, 5.74) is 8.34. The Bertz CT molecular complexity index is 353. The highest BCUT2D eigenvalue weighted by atomic mass is 16.6. The molecule has 1 saturated heterocycles. The molecule has 0 saturated carbocycles. The van der Waals surface area contributed by atoms with Crippen LogP contribution in [0.2, 0.25) is 0 Å². The molecule has 0 spiro atoms. The third kappa shape index (κ3) is 3.01. The van der Waals surface area contributed by atoms with Crippen molar-refractivity contribution in [3.8, 4) is 0 Å². The van der Waals surface area contributed by atoms with Crippen LogP contribution in [0.1, 0.15) is 13.3 Å². The number of rotatable bonds is 3. The second-order valence-electron chi connectivity index (χ2n) is 3.48. The number of azide groups is 1. The van der Waals surface area contributed by atoms with Crippen LogP contribution in [0.4, 0.5) is 4.79 Å². The summed E-state index contributed by atoms with van der Waals surface area (Å²) >= 11 is 0. The Balaban J connectivity index is 2.80. The van der Waals surface area contributed by atoms with E-state index in [1.165, 1.54) is 12.0 Å². The summed E-state index contributed by atoms with van der Waals surface area (Å²) in [7, 11) is 1.24. The first-order chi connectivity index (χ1) is 8.13. The molecule has 0 bridgehead atoms. The first-order valence-corrected chi connectivity index (χ1v) is 5.19. The number of nitrogens with zero attached hydrogens (tertiary/aromatic N) is 4. The van der Waals surface area contributed by atoms with Gasteiger partial charge in [0.15, 0.2) is 0 Å². The Hall–Kier alpha value is -1.95. The highest BCUT2D eigenvalue weighted by Crippen LogP contribution is 2.22. The van der Waals surface area contributed by atoms with Gasteiger partial charge in [0.2, 0.25) is 0 Å². The Morgan fingerprint density at radius 2 is 2.29 bits per heavy atom. The Morgan fingerprint density at radius 3 is 2.82 bits per heavy atom. The Kier molecular flexibility index (Phi) is 4.59. The number of hydrogen-bond donors (Lipinski definition) is 0. The van der Waals surface area contributed by atoms with Crippen molar-refractivity contribution >= 4 is 12.1 Å². The van der Waals surface area contributed by atoms with Crippen LogP contribution in [0.25, 0.3) is 10.4 Å². The molecule has 1 amide bonds. The third-order valence-electron chi connectivity index (χ3n) is 2.47. The molecule has 0 aromatic rings. The summed E-state index contributed by atoms with van der Waals surface area (Å²) in [6.45, 7) is 2.06. The van der Waals surface area contributed by atoms with Gasteiger partial charge in [-0.3, -0.25) is 4.90 Å². The standard InChI is InChI=1S/C9H14N4O4/c1-3-17-9(15)13-5-6(11-12-10)4-7(13)8(14)16-2/h6-7H,3-5H2,1-2H3/t6-,7-/m1/s1. The molecule has 0 aromatic heterocycles. The van der Waals surface area contributed by atoms with Gasteiger partial charge < -0.3 is 9.47 Å². The van der Waals surface area contributed by atoms with Gasteiger partial charge in [0.05, 0.1) is 19.8 Å². The van der Waals surface area contributed by atoms with Crippen LogP contribution in [-0.4, -0.2) is 49.3 Å². The van der Waals surface area contributed by atoms with Crippen molar-refractivity contribution in [2.75, 3.05) is 20.3 Å². The zero-order chi connectivity index (χ0) is 12.8. The molecule has 1 aliphatic rings. The maximum absolute atomic E-state index is 11.6. The zero-order valence-electron chi connectivity index (χ0n) is 9.70. The lowest BCUT2D eigenvalue weighted by atomic mass is 10.2. The summed E-state index contributed by atoms with van der Waals surface area (Å²) in [5, 5.41) is 3.51. The van der Waals surface area contributed by atoms with Crippen LogP contribution in [0.15, 0.2) is 5.11 Å². The van der Waals surface area contributed by atoms with Crippen molar-refractivity contribution in [2.24, 2.45) is 5.11 Å². The van der Waals surface area contributed by atoms with Gasteiger partial charge in [-0.05, 0) is 18.9 Å². The third-order valence-corrected chi connectivity index (χ3v) is 2.47. The molecule has 8 nitrogen and oxygen atoms in total. The zero-order valence-corrected chi connectivity index (χ0v) is 9.70. The van der Waals surface area contributed by atoms with Crippen molar-refractivity contribution in [2.45, 2.75) is 25.4 Å². The van der Waals surface area contributed by atoms with Crippen LogP contribution < -0.4 is 0 Å². The molecule has 0 aliphatic carbocycles. The van der Waals surface area contributed by atoms with E-state index in [0.29, 0.717) is 0 Å². The number of esters is 1. The van der Waals surface area contributed by atoms with Crippen LogP contribution in [-0.2, 0) is 14.3 Å². The second-order valence-corrected chi connectivity index (χ2v) is 3.48. The fourth-order valence-electron chi connectivity index (χ4n) is 1.74. The van der Waals surface area contributed by atoms with Crippen molar-refractivity contribution in [1.82, 2.24) is 4.90 Å². The smallest absolute Gasteiger partial charge is 0.410 e. The molecule has 0 N–H and O–H groups in total. The topological polar surface area (TPSA) is 105 Å². The van der Waals surface area contributed by atoms with E-state index in [9.17, 15) is 9.59 Å². The highest BCUT2D eigenvalue weighted by Gasteiger charge is 2.40. The Labute approximate surface area is 98.1 Å². The van der Waals surface area contributed by atoms with Gasteiger partial charge in [0.25, 0.3) is 0 Å². The minimum atomic E-state index is -0.741. The van der Waals surface area contributed by atoms with Crippen LogP contribution >= 0.6 is 0 Å². The summed E-state index contributed by atoms with van der Waals surface area (Å²) in [6, 6.07) is -1.16. The van der Waals surface area contributed by atoms with E-state index in [1.54, 1.807) is 6.92 Å². The van der Waals surface area contributed by atoms with Gasteiger partial charge in [0, 0.05) is 11.5 Å². The van der Waals surface area contributed by atoms with E-state index in [2.05, 4.69) is 14.8 Å². The maximum Gasteiger partial charge on any atom is 0.410 e. The largest absolute Gasteiger partial charge is 0.467 e. The fraction of sp³-hybridized carbons (Fsp3) is 0.778. The van der Waals surface area contributed by atoms with E-state index < -0.39 is 24.1 Å². The molecular formula is C9H14N4O4. The molecule has 94 valence electrons. The maximum atomic E-state index is 11.6. The Morgan fingerprint density at radius 1 is 1.59 bits per heavy atom. The van der Waals surface area contributed by atoms with Crippen molar-refractivity contribution < 1.29 is 19.1 Å². The lowest BCUT2D eigenvalue weighted by molar-refractivity contribution is -0.145. The molecule has 8 heteroatoms. The number of likely N-dealkylation sites (tertiary alicyclic amines) is 1. The van der Waals surface area contributed by atoms with Crippen LogP contribution in [0.5, 0.6) is 0 Å². The van der Waals surface area contributed by atoms with E-state index in [-0.39, 0.29) is 19.6 Å². The lowest BCUT2D eigenvalue weighted by Crippen LogP contribution is -2.41. The predicted molar refractivity (Wildman–Crippen MR) is 57.1 cm³/mol. The molecule has 0 unspecified atom stereocenters. The summed E-state index contributed by atoms with van der Waals surface area (Å²) in [4.78, 5) is 27.0. The molecule has 0 aromatic carbocycles. The minimum absolute atomic E-state index is 0.169. The monoisotopic (exact) mass is 242 g/mol. The minimum Gasteiger partial charge on any atom is -0.467 e. The molecule has 17 heavy (non-hydrogen) atoms. The molecule has 2 atom stereocenters. The van der Waals surface area contributed by atoms with Gasteiger partial charge in [0.1, 0.15) is 6.04 Å². The molecule has 1 fully saturated rings. The van der Waals surface area contributed by atoms with Crippen LogP contribution in [0, 0.1) is 0 Å². The SMILES string of the molecule is CCOC(=O)N1C[C@H](N=[N+]=[N-])C[C@@H]1C(=O)OC. The first kappa shape index (κ1) is 13.1. The van der Waals surface area contributed by atoms with Crippen molar-refractivity contribution in [1.29, 1.82) is 0 Å². The average Bonchev–Trinajstić information content (AvgIpc) is 2.73. The van der Waals surface area contributed by atoms with E-state index >= 15 is 0 Å². The quantitative estimate of drug-likeness (QED) is 0.319. The number of hydrogen-bond acceptors (Lipinski definition) is 5. The molecule has 0 radical (unpaired) electrons. The molecule has 1 heterocycles. The van der Waals surface area contributed by atoms with Gasteiger partial charge in [-0.1, -0.05) is 5.11 Å². The lowest BCUT2D eigenvalue weighted by Gasteiger charge is -2.21. The van der Waals surface area contributed by atoms with Crippen molar-refractivity contribution in [3.05, 3.63) is 10.4 Å². The van der Waals surface area contributed by atoms with Gasteiger partial charge in [-0.2, -0.15) is 0 Å². The predicted octanol–water partition coefficient (Wildman–Crippen LogP) is 1.07. The highest BCUT2D eigenvalue weighted by molar-refractivity contribution is 5.82. The molecule has 1 rings (SSSR count). The fourth-order valence-corrected chi connectivity index (χ4v) is 1.74. The summed E-state index contributed by atoms with van der Waals surface area (Å²) in [6.07, 6.45) is -0.339. The number of ether oxygens (including phenoxy) is 2. The van der Waals surface area contributed by atoms with E-state index in [1.807, 2.05) is 0 Å². The van der Waals surface area contributed by atoms with Crippen LogP contribution in [0.3, 0.4) is 0 Å². The average molecular weight is 242 g/mol. The van der Waals surface area contributed by atoms with E-state index in [4.69, 9.17) is 10.3 Å². The first-order valence-electron chi connectivity index (χ1n) is 5.19. The van der Waals surface area contributed by atoms with Crippen molar-refractivity contribution in [3.63, 3.8) is 0 Å². The summed E-state index contributed by atoms with van der Waals surface area (Å²) in [5.74, 6) is -0.534. The van der Waals surface area contributed by atoms with Gasteiger partial charge in [-0.15, -0.1) is 0 Å². The number of methoxy groups -OCH3 is 1. The number of carbonyl (C=O) groups is 2. The second kappa shape index (κ2) is 5.95. The van der Waals surface area contributed by atoms with Gasteiger partial charge in [-0.25, -0.2) is 9.59 Å². The number of amides is 1. The molecule has 1 aliphatic heterocycles. The molecular weight excluding hydrogens is 228 g/mol. The van der Waals surface area contributed by atoms with Gasteiger partial charge >= 0.3 is 12.1 Å². The van der Waals surface area contributed by atoms with E-state index in [0.717, 1.165) is 0 Å².